The minimum Gasteiger partial charge on any atom is -0.493 e. The molecule has 0 radical (unpaired) electrons. The van der Waals surface area contributed by atoms with E-state index in [1.54, 1.807) is 37.6 Å². The fourth-order valence-corrected chi connectivity index (χ4v) is 4.68. The van der Waals surface area contributed by atoms with Gasteiger partial charge < -0.3 is 24.8 Å². The molecule has 2 aromatic carbocycles. The first-order valence-electron chi connectivity index (χ1n) is 13.6. The summed E-state index contributed by atoms with van der Waals surface area (Å²) in [6.07, 6.45) is 6.39. The van der Waals surface area contributed by atoms with Crippen LogP contribution in [0.3, 0.4) is 0 Å². The largest absolute Gasteiger partial charge is 0.493 e. The number of carbonyl (C=O) groups excluding carboxylic acids is 1. The van der Waals surface area contributed by atoms with Crippen molar-refractivity contribution in [1.82, 2.24) is 15.2 Å². The average molecular weight is 555 g/mol. The summed E-state index contributed by atoms with van der Waals surface area (Å²) >= 11 is 6.46. The molecule has 1 fully saturated rings. The van der Waals surface area contributed by atoms with Crippen LogP contribution in [0.5, 0.6) is 23.0 Å². The second kappa shape index (κ2) is 13.2. The van der Waals surface area contributed by atoms with Crippen LogP contribution in [-0.4, -0.2) is 55.8 Å². The number of halogens is 1. The molecule has 0 unspecified atom stereocenters. The van der Waals surface area contributed by atoms with Gasteiger partial charge in [0.2, 0.25) is 0 Å². The number of methoxy groups -OCH3 is 1. The number of carbonyl (C=O) groups is 1. The molecule has 0 aliphatic carbocycles. The van der Waals surface area contributed by atoms with Crippen LogP contribution in [0.2, 0.25) is 5.02 Å². The maximum Gasteiger partial charge on any atom is 0.319 e. The van der Waals surface area contributed by atoms with Crippen molar-refractivity contribution < 1.29 is 19.0 Å². The van der Waals surface area contributed by atoms with Gasteiger partial charge in [0.25, 0.3) is 0 Å². The molecule has 1 aliphatic heterocycles. The number of likely N-dealkylation sites (tertiary alicyclic amines) is 1. The third-order valence-electron chi connectivity index (χ3n) is 6.68. The number of ether oxygens (including phenoxy) is 3. The molecule has 1 aromatic heterocycles. The highest BCUT2D eigenvalue weighted by Crippen LogP contribution is 2.38. The summed E-state index contributed by atoms with van der Waals surface area (Å²) in [6.45, 7) is 10.7. The predicted octanol–water partition coefficient (Wildman–Crippen LogP) is 7.11. The number of piperidine rings is 1. The van der Waals surface area contributed by atoms with Gasteiger partial charge in [-0.25, -0.2) is 4.79 Å². The topological polar surface area (TPSA) is 85.0 Å². The Balaban J connectivity index is 1.42. The monoisotopic (exact) mass is 554 g/mol. The summed E-state index contributed by atoms with van der Waals surface area (Å²) in [5.41, 5.74) is 1.38. The van der Waals surface area contributed by atoms with Crippen molar-refractivity contribution in [1.29, 1.82) is 0 Å². The van der Waals surface area contributed by atoms with E-state index in [0.29, 0.717) is 46.9 Å². The summed E-state index contributed by atoms with van der Waals surface area (Å²) in [5.74, 6) is 2.42. The number of fused-ring (bicyclic) bond motifs is 1. The van der Waals surface area contributed by atoms with E-state index < -0.39 is 0 Å². The summed E-state index contributed by atoms with van der Waals surface area (Å²) in [7, 11) is 1.63. The maximum atomic E-state index is 12.3. The van der Waals surface area contributed by atoms with Gasteiger partial charge in [-0.3, -0.25) is 9.88 Å². The van der Waals surface area contributed by atoms with Crippen LogP contribution < -0.4 is 24.8 Å². The first-order chi connectivity index (χ1) is 18.7. The number of aromatic nitrogens is 1. The zero-order chi connectivity index (χ0) is 27.8. The maximum absolute atomic E-state index is 12.3. The lowest BCUT2D eigenvalue weighted by molar-refractivity contribution is 0.181. The van der Waals surface area contributed by atoms with Crippen LogP contribution >= 0.6 is 11.6 Å². The smallest absolute Gasteiger partial charge is 0.319 e. The van der Waals surface area contributed by atoms with Crippen LogP contribution in [0.25, 0.3) is 10.9 Å². The van der Waals surface area contributed by atoms with E-state index in [4.69, 9.17) is 25.8 Å². The zero-order valence-corrected chi connectivity index (χ0v) is 24.1. The van der Waals surface area contributed by atoms with E-state index in [2.05, 4.69) is 41.3 Å². The quantitative estimate of drug-likeness (QED) is 0.278. The number of nitrogens with zero attached hydrogens (tertiary/aromatic N) is 2. The van der Waals surface area contributed by atoms with E-state index in [-0.39, 0.29) is 11.4 Å². The molecule has 2 heterocycles. The van der Waals surface area contributed by atoms with Crippen molar-refractivity contribution in [2.24, 2.45) is 5.41 Å². The number of amides is 2. The lowest BCUT2D eigenvalue weighted by Crippen LogP contribution is -2.33. The fourth-order valence-electron chi connectivity index (χ4n) is 4.46. The molecule has 0 saturated carbocycles. The van der Waals surface area contributed by atoms with E-state index in [0.717, 1.165) is 37.0 Å². The summed E-state index contributed by atoms with van der Waals surface area (Å²) in [4.78, 5) is 19.2. The van der Waals surface area contributed by atoms with Crippen LogP contribution in [0, 0.1) is 5.41 Å². The van der Waals surface area contributed by atoms with Crippen molar-refractivity contribution in [3.8, 4) is 23.0 Å². The van der Waals surface area contributed by atoms with Crippen LogP contribution in [0.1, 0.15) is 46.5 Å². The number of nitrogens with one attached hydrogen (secondary N) is 2. The fraction of sp³-hybridized carbons (Fsp3) is 0.467. The standard InChI is InChI=1S/C30H39ClN4O4/c1-30(2,3)11-13-33-29(36)34-24-9-8-21(18-23(24)31)39-26-10-12-32-25-20-28(27(37-4)19-22(25)26)38-17-16-35-14-6-5-7-15-35/h8-10,12,18-20H,5-7,11,13-17H2,1-4H3,(H2,33,34,36). The first kappa shape index (κ1) is 28.8. The van der Waals surface area contributed by atoms with Crippen molar-refractivity contribution >= 4 is 34.2 Å². The van der Waals surface area contributed by atoms with Gasteiger partial charge in [-0.15, -0.1) is 0 Å². The highest BCUT2D eigenvalue weighted by atomic mass is 35.5. The van der Waals surface area contributed by atoms with Gasteiger partial charge in [-0.1, -0.05) is 38.8 Å². The average Bonchev–Trinajstić information content (AvgIpc) is 2.90. The van der Waals surface area contributed by atoms with Gasteiger partial charge in [0.15, 0.2) is 11.5 Å². The summed E-state index contributed by atoms with van der Waals surface area (Å²) in [6, 6.07) is 10.4. The SMILES string of the molecule is COc1cc2c(Oc3ccc(NC(=O)NCCC(C)(C)C)c(Cl)c3)ccnc2cc1OCCN1CCCCC1. The third-order valence-corrected chi connectivity index (χ3v) is 6.99. The van der Waals surface area contributed by atoms with Gasteiger partial charge in [0.05, 0.1) is 23.3 Å². The molecule has 39 heavy (non-hydrogen) atoms. The normalized spacial score (nSPS) is 14.2. The second-order valence-corrected chi connectivity index (χ2v) is 11.4. The number of pyridine rings is 1. The van der Waals surface area contributed by atoms with E-state index in [1.807, 2.05) is 12.1 Å². The van der Waals surface area contributed by atoms with Crippen LogP contribution in [0.4, 0.5) is 10.5 Å². The van der Waals surface area contributed by atoms with Gasteiger partial charge >= 0.3 is 6.03 Å². The molecule has 0 bridgehead atoms. The van der Waals surface area contributed by atoms with Gasteiger partial charge in [0, 0.05) is 36.8 Å². The molecule has 0 spiro atoms. The van der Waals surface area contributed by atoms with Crippen molar-refractivity contribution in [3.05, 3.63) is 47.6 Å². The zero-order valence-electron chi connectivity index (χ0n) is 23.3. The molecule has 2 amide bonds. The highest BCUT2D eigenvalue weighted by molar-refractivity contribution is 6.33. The lowest BCUT2D eigenvalue weighted by Gasteiger charge is -2.26. The third kappa shape index (κ3) is 8.38. The second-order valence-electron chi connectivity index (χ2n) is 11.0. The van der Waals surface area contributed by atoms with Crippen molar-refractivity contribution in [2.45, 2.75) is 46.5 Å². The number of hydrogen-bond donors (Lipinski definition) is 2. The molecular formula is C30H39ClN4O4. The molecule has 2 N–H and O–H groups in total. The Kier molecular flexibility index (Phi) is 9.75. The summed E-state index contributed by atoms with van der Waals surface area (Å²) in [5, 5.41) is 6.82. The lowest BCUT2D eigenvalue weighted by atomic mass is 9.92. The van der Waals surface area contributed by atoms with Crippen LogP contribution in [-0.2, 0) is 0 Å². The highest BCUT2D eigenvalue weighted by Gasteiger charge is 2.15. The number of hydrogen-bond acceptors (Lipinski definition) is 6. The predicted molar refractivity (Wildman–Crippen MR) is 157 cm³/mol. The Morgan fingerprint density at radius 2 is 1.85 bits per heavy atom. The Morgan fingerprint density at radius 1 is 1.05 bits per heavy atom. The van der Waals surface area contributed by atoms with Crippen LogP contribution in [0.15, 0.2) is 42.6 Å². The molecule has 1 aliphatic rings. The molecule has 9 heteroatoms. The molecule has 4 rings (SSSR count). The van der Waals surface area contributed by atoms with Gasteiger partial charge in [0.1, 0.15) is 18.1 Å². The van der Waals surface area contributed by atoms with E-state index >= 15 is 0 Å². The molecule has 210 valence electrons. The Labute approximate surface area is 236 Å². The Morgan fingerprint density at radius 3 is 2.56 bits per heavy atom. The Bertz CT molecular complexity index is 1270. The van der Waals surface area contributed by atoms with Gasteiger partial charge in [-0.05, 0) is 62.0 Å². The van der Waals surface area contributed by atoms with Gasteiger partial charge in [-0.2, -0.15) is 0 Å². The minimum atomic E-state index is -0.295. The first-order valence-corrected chi connectivity index (χ1v) is 13.9. The number of benzene rings is 2. The molecule has 8 nitrogen and oxygen atoms in total. The van der Waals surface area contributed by atoms with E-state index in [9.17, 15) is 4.79 Å². The molecule has 3 aromatic rings. The number of anilines is 1. The minimum absolute atomic E-state index is 0.145. The number of urea groups is 1. The van der Waals surface area contributed by atoms with E-state index in [1.165, 1.54) is 19.3 Å². The molecular weight excluding hydrogens is 516 g/mol. The Hall–Kier alpha value is -3.23. The molecule has 1 saturated heterocycles. The van der Waals surface area contributed by atoms with Crippen molar-refractivity contribution in [2.75, 3.05) is 45.2 Å². The molecule has 0 atom stereocenters. The number of rotatable bonds is 10. The summed E-state index contributed by atoms with van der Waals surface area (Å²) < 4.78 is 17.9. The van der Waals surface area contributed by atoms with Crippen molar-refractivity contribution in [3.63, 3.8) is 0 Å².